The molecule has 0 spiro atoms. The topological polar surface area (TPSA) is 26.8 Å². The summed E-state index contributed by atoms with van der Waals surface area (Å²) in [7, 11) is 0. The average molecular weight is 336 g/mol. The van der Waals surface area contributed by atoms with Gasteiger partial charge in [-0.3, -0.25) is 9.69 Å². The molecule has 3 saturated heterocycles. The molecule has 2 unspecified atom stereocenters. The van der Waals surface area contributed by atoms with E-state index in [1.165, 1.54) is 38.8 Å². The summed E-state index contributed by atoms with van der Waals surface area (Å²) in [4.78, 5) is 20.6. The Morgan fingerprint density at radius 3 is 2.29 bits per heavy atom. The van der Waals surface area contributed by atoms with Crippen molar-refractivity contribution in [2.24, 2.45) is 11.8 Å². The zero-order valence-corrected chi connectivity index (χ0v) is 16.0. The standard InChI is InChI=1S/C20H37N3O/c1-4-22-11-5-7-18(22)19-8-6-12-23(19)20(24)17-9-13-21(14-10-17)15-16(2)3/h16-19H,4-15H2,1-3H3. The predicted octanol–water partition coefficient (Wildman–Crippen LogP) is 2.83. The van der Waals surface area contributed by atoms with Crippen LogP contribution in [0.3, 0.4) is 0 Å². The van der Waals surface area contributed by atoms with Crippen molar-refractivity contribution in [1.29, 1.82) is 0 Å². The Morgan fingerprint density at radius 2 is 1.62 bits per heavy atom. The van der Waals surface area contributed by atoms with E-state index in [-0.39, 0.29) is 5.92 Å². The van der Waals surface area contributed by atoms with Gasteiger partial charge in [-0.15, -0.1) is 0 Å². The minimum Gasteiger partial charge on any atom is -0.338 e. The lowest BCUT2D eigenvalue weighted by atomic mass is 9.93. The molecule has 0 radical (unpaired) electrons. The van der Waals surface area contributed by atoms with E-state index in [0.29, 0.717) is 18.0 Å². The third kappa shape index (κ3) is 3.96. The number of carbonyl (C=O) groups excluding carboxylic acids is 1. The maximum Gasteiger partial charge on any atom is 0.226 e. The normalized spacial score (nSPS) is 30.6. The molecule has 4 nitrogen and oxygen atoms in total. The molecular formula is C20H37N3O. The van der Waals surface area contributed by atoms with Gasteiger partial charge in [0.2, 0.25) is 5.91 Å². The van der Waals surface area contributed by atoms with Gasteiger partial charge in [-0.2, -0.15) is 0 Å². The average Bonchev–Trinajstić information content (AvgIpc) is 3.22. The van der Waals surface area contributed by atoms with Crippen LogP contribution < -0.4 is 0 Å². The fourth-order valence-electron chi connectivity index (χ4n) is 5.26. The second-order valence-corrected chi connectivity index (χ2v) is 8.55. The fourth-order valence-corrected chi connectivity index (χ4v) is 5.26. The van der Waals surface area contributed by atoms with Crippen LogP contribution in [0.4, 0.5) is 0 Å². The maximum atomic E-state index is 13.2. The summed E-state index contributed by atoms with van der Waals surface area (Å²) < 4.78 is 0. The highest BCUT2D eigenvalue weighted by molar-refractivity contribution is 5.79. The Hall–Kier alpha value is -0.610. The van der Waals surface area contributed by atoms with Crippen molar-refractivity contribution in [2.75, 3.05) is 39.3 Å². The lowest BCUT2D eigenvalue weighted by Gasteiger charge is -2.38. The van der Waals surface area contributed by atoms with Crippen molar-refractivity contribution in [2.45, 2.75) is 71.4 Å². The zero-order chi connectivity index (χ0) is 17.1. The fraction of sp³-hybridized carbons (Fsp3) is 0.950. The number of likely N-dealkylation sites (N-methyl/N-ethyl adjacent to an activating group) is 1. The lowest BCUT2D eigenvalue weighted by molar-refractivity contribution is -0.139. The summed E-state index contributed by atoms with van der Waals surface area (Å²) in [6.07, 6.45) is 7.16. The predicted molar refractivity (Wildman–Crippen MR) is 99.0 cm³/mol. The molecule has 0 N–H and O–H groups in total. The summed E-state index contributed by atoms with van der Waals surface area (Å²) in [5.41, 5.74) is 0. The van der Waals surface area contributed by atoms with E-state index >= 15 is 0 Å². The third-order valence-electron chi connectivity index (χ3n) is 6.41. The summed E-state index contributed by atoms with van der Waals surface area (Å²) in [5.74, 6) is 1.48. The van der Waals surface area contributed by atoms with E-state index in [4.69, 9.17) is 0 Å². The number of nitrogens with zero attached hydrogens (tertiary/aromatic N) is 3. The van der Waals surface area contributed by atoms with Crippen LogP contribution in [0.25, 0.3) is 0 Å². The van der Waals surface area contributed by atoms with Gasteiger partial charge in [0.1, 0.15) is 0 Å². The molecule has 0 aromatic rings. The Morgan fingerprint density at radius 1 is 0.958 bits per heavy atom. The minimum absolute atomic E-state index is 0.283. The highest BCUT2D eigenvalue weighted by Gasteiger charge is 2.41. The first-order valence-electron chi connectivity index (χ1n) is 10.4. The van der Waals surface area contributed by atoms with E-state index < -0.39 is 0 Å². The van der Waals surface area contributed by atoms with Gasteiger partial charge in [0, 0.05) is 31.1 Å². The molecule has 138 valence electrons. The van der Waals surface area contributed by atoms with Gasteiger partial charge >= 0.3 is 0 Å². The molecule has 4 heteroatoms. The van der Waals surface area contributed by atoms with Crippen LogP contribution in [-0.2, 0) is 4.79 Å². The van der Waals surface area contributed by atoms with Crippen LogP contribution in [0.15, 0.2) is 0 Å². The number of likely N-dealkylation sites (tertiary alicyclic amines) is 3. The first-order valence-corrected chi connectivity index (χ1v) is 10.4. The largest absolute Gasteiger partial charge is 0.338 e. The minimum atomic E-state index is 0.283. The number of hydrogen-bond donors (Lipinski definition) is 0. The SMILES string of the molecule is CCN1CCCC1C1CCCN1C(=O)C1CCN(CC(C)C)CC1. The van der Waals surface area contributed by atoms with Crippen molar-refractivity contribution in [3.8, 4) is 0 Å². The number of carbonyl (C=O) groups is 1. The van der Waals surface area contributed by atoms with Gasteiger partial charge < -0.3 is 9.80 Å². The summed E-state index contributed by atoms with van der Waals surface area (Å²) in [6, 6.07) is 1.12. The highest BCUT2D eigenvalue weighted by Crippen LogP contribution is 2.32. The molecule has 3 aliphatic rings. The van der Waals surface area contributed by atoms with Crippen molar-refractivity contribution in [3.63, 3.8) is 0 Å². The van der Waals surface area contributed by atoms with Crippen LogP contribution in [0.1, 0.15) is 59.3 Å². The number of piperidine rings is 1. The van der Waals surface area contributed by atoms with Crippen LogP contribution >= 0.6 is 0 Å². The van der Waals surface area contributed by atoms with Gasteiger partial charge in [0.15, 0.2) is 0 Å². The molecule has 0 aromatic heterocycles. The molecule has 0 bridgehead atoms. The van der Waals surface area contributed by atoms with Crippen molar-refractivity contribution in [3.05, 3.63) is 0 Å². The molecule has 3 fully saturated rings. The van der Waals surface area contributed by atoms with E-state index in [1.807, 2.05) is 0 Å². The van der Waals surface area contributed by atoms with Crippen LogP contribution in [0.2, 0.25) is 0 Å². The number of rotatable bonds is 5. The van der Waals surface area contributed by atoms with Crippen molar-refractivity contribution >= 4 is 5.91 Å². The molecule has 2 atom stereocenters. The highest BCUT2D eigenvalue weighted by atomic mass is 16.2. The van der Waals surface area contributed by atoms with Gasteiger partial charge in [-0.1, -0.05) is 20.8 Å². The third-order valence-corrected chi connectivity index (χ3v) is 6.41. The quantitative estimate of drug-likeness (QED) is 0.773. The molecule has 0 aliphatic carbocycles. The van der Waals surface area contributed by atoms with Crippen molar-refractivity contribution in [1.82, 2.24) is 14.7 Å². The molecule has 3 heterocycles. The Balaban J connectivity index is 1.56. The number of hydrogen-bond acceptors (Lipinski definition) is 3. The van der Waals surface area contributed by atoms with Gasteiger partial charge in [0.25, 0.3) is 0 Å². The maximum absolute atomic E-state index is 13.2. The second kappa shape index (κ2) is 8.18. The summed E-state index contributed by atoms with van der Waals surface area (Å²) in [6.45, 7) is 13.6. The molecule has 3 rings (SSSR count). The van der Waals surface area contributed by atoms with Crippen LogP contribution in [0.5, 0.6) is 0 Å². The van der Waals surface area contributed by atoms with E-state index in [2.05, 4.69) is 35.5 Å². The molecule has 0 saturated carbocycles. The second-order valence-electron chi connectivity index (χ2n) is 8.55. The van der Waals surface area contributed by atoms with E-state index in [9.17, 15) is 4.79 Å². The van der Waals surface area contributed by atoms with Gasteiger partial charge in [0.05, 0.1) is 0 Å². The van der Waals surface area contributed by atoms with Gasteiger partial charge in [-0.05, 0) is 70.6 Å². The zero-order valence-electron chi connectivity index (χ0n) is 16.0. The van der Waals surface area contributed by atoms with E-state index in [0.717, 1.165) is 44.9 Å². The molecule has 3 aliphatic heterocycles. The van der Waals surface area contributed by atoms with Gasteiger partial charge in [-0.25, -0.2) is 0 Å². The first kappa shape index (κ1) is 18.2. The summed E-state index contributed by atoms with van der Waals surface area (Å²) in [5, 5.41) is 0. The summed E-state index contributed by atoms with van der Waals surface area (Å²) >= 11 is 0. The van der Waals surface area contributed by atoms with Crippen molar-refractivity contribution < 1.29 is 4.79 Å². The van der Waals surface area contributed by atoms with Crippen LogP contribution in [0, 0.1) is 11.8 Å². The molecule has 0 aromatic carbocycles. The monoisotopic (exact) mass is 335 g/mol. The van der Waals surface area contributed by atoms with Crippen LogP contribution in [-0.4, -0.2) is 72.0 Å². The Bertz CT molecular complexity index is 417. The Kier molecular flexibility index (Phi) is 6.20. The Labute approximate surface area is 148 Å². The first-order chi connectivity index (χ1) is 11.6. The lowest BCUT2D eigenvalue weighted by Crippen LogP contribution is -2.51. The smallest absolute Gasteiger partial charge is 0.226 e. The molecular weight excluding hydrogens is 298 g/mol. The van der Waals surface area contributed by atoms with E-state index in [1.54, 1.807) is 0 Å². The number of amides is 1. The molecule has 1 amide bonds. The molecule has 24 heavy (non-hydrogen) atoms.